The molecule has 0 aliphatic rings. The summed E-state index contributed by atoms with van der Waals surface area (Å²) in [7, 11) is 0. The van der Waals surface area contributed by atoms with Crippen LogP contribution in [0.3, 0.4) is 0 Å². The number of ketones is 1. The lowest BCUT2D eigenvalue weighted by Gasteiger charge is -2.19. The van der Waals surface area contributed by atoms with Crippen molar-refractivity contribution >= 4 is 11.9 Å². The van der Waals surface area contributed by atoms with Crippen molar-refractivity contribution in [2.24, 2.45) is 0 Å². The van der Waals surface area contributed by atoms with Crippen molar-refractivity contribution < 1.29 is 14.3 Å². The first-order valence-corrected chi connectivity index (χ1v) is 5.71. The molecular formula is C11H18N4O3. The van der Waals surface area contributed by atoms with Crippen LogP contribution >= 0.6 is 0 Å². The average molecular weight is 254 g/mol. The zero-order valence-electron chi connectivity index (χ0n) is 11.1. The van der Waals surface area contributed by atoms with Crippen molar-refractivity contribution in [1.82, 2.24) is 20.1 Å². The molecule has 0 bridgehead atoms. The van der Waals surface area contributed by atoms with Gasteiger partial charge in [0.25, 0.3) is 0 Å². The van der Waals surface area contributed by atoms with Crippen LogP contribution in [0, 0.1) is 0 Å². The number of carbonyl (C=O) groups is 2. The lowest BCUT2D eigenvalue weighted by atomic mass is 10.2. The SMILES string of the molecule is CCn1ncnc1C(=O)CNC(=O)OC(C)(C)C. The van der Waals surface area contributed by atoms with Crippen LogP contribution in [-0.2, 0) is 11.3 Å². The maximum Gasteiger partial charge on any atom is 0.408 e. The normalized spacial score (nSPS) is 11.1. The smallest absolute Gasteiger partial charge is 0.408 e. The Morgan fingerprint density at radius 1 is 1.44 bits per heavy atom. The van der Waals surface area contributed by atoms with E-state index in [2.05, 4.69) is 15.4 Å². The Labute approximate surface area is 106 Å². The number of alkyl carbamates (subject to hydrolysis) is 1. The number of carbonyl (C=O) groups excluding carboxylic acids is 2. The Morgan fingerprint density at radius 2 is 2.11 bits per heavy atom. The van der Waals surface area contributed by atoms with Gasteiger partial charge in [0, 0.05) is 6.54 Å². The highest BCUT2D eigenvalue weighted by Crippen LogP contribution is 2.06. The number of aryl methyl sites for hydroxylation is 1. The minimum Gasteiger partial charge on any atom is -0.444 e. The van der Waals surface area contributed by atoms with E-state index < -0.39 is 11.7 Å². The molecule has 1 amide bonds. The Morgan fingerprint density at radius 3 is 2.67 bits per heavy atom. The lowest BCUT2D eigenvalue weighted by molar-refractivity contribution is 0.0519. The maximum absolute atomic E-state index is 11.8. The Bertz CT molecular complexity index is 434. The van der Waals surface area contributed by atoms with E-state index in [-0.39, 0.29) is 18.2 Å². The molecule has 1 N–H and O–H groups in total. The molecule has 100 valence electrons. The van der Waals surface area contributed by atoms with E-state index in [1.165, 1.54) is 11.0 Å². The van der Waals surface area contributed by atoms with E-state index >= 15 is 0 Å². The second-order valence-electron chi connectivity index (χ2n) is 4.68. The van der Waals surface area contributed by atoms with Gasteiger partial charge in [0.15, 0.2) is 5.82 Å². The fourth-order valence-corrected chi connectivity index (χ4v) is 1.26. The number of amides is 1. The Balaban J connectivity index is 2.49. The minimum absolute atomic E-state index is 0.159. The molecule has 0 fully saturated rings. The number of hydrogen-bond acceptors (Lipinski definition) is 5. The molecule has 1 aromatic heterocycles. The van der Waals surface area contributed by atoms with Crippen molar-refractivity contribution in [2.45, 2.75) is 39.8 Å². The number of nitrogens with zero attached hydrogens (tertiary/aromatic N) is 3. The number of hydrogen-bond donors (Lipinski definition) is 1. The monoisotopic (exact) mass is 254 g/mol. The predicted molar refractivity (Wildman–Crippen MR) is 64.3 cm³/mol. The molecule has 0 aliphatic carbocycles. The summed E-state index contributed by atoms with van der Waals surface area (Å²) in [5.74, 6) is -0.0752. The highest BCUT2D eigenvalue weighted by molar-refractivity contribution is 5.95. The topological polar surface area (TPSA) is 86.1 Å². The molecule has 1 heterocycles. The van der Waals surface area contributed by atoms with Crippen LogP contribution in [0.25, 0.3) is 0 Å². The van der Waals surface area contributed by atoms with Crippen LogP contribution in [0.4, 0.5) is 4.79 Å². The van der Waals surface area contributed by atoms with E-state index in [9.17, 15) is 9.59 Å². The van der Waals surface area contributed by atoms with Crippen molar-refractivity contribution in [3.8, 4) is 0 Å². The van der Waals surface area contributed by atoms with Crippen LogP contribution in [-0.4, -0.2) is 38.8 Å². The minimum atomic E-state index is -0.626. The van der Waals surface area contributed by atoms with Crippen LogP contribution < -0.4 is 5.32 Å². The van der Waals surface area contributed by atoms with Gasteiger partial charge in [0.2, 0.25) is 5.78 Å². The van der Waals surface area contributed by atoms with E-state index in [4.69, 9.17) is 4.74 Å². The van der Waals surface area contributed by atoms with Gasteiger partial charge in [-0.2, -0.15) is 5.10 Å². The highest BCUT2D eigenvalue weighted by atomic mass is 16.6. The molecule has 7 nitrogen and oxygen atoms in total. The van der Waals surface area contributed by atoms with E-state index in [0.717, 1.165) is 0 Å². The van der Waals surface area contributed by atoms with Crippen molar-refractivity contribution in [3.05, 3.63) is 12.2 Å². The number of rotatable bonds is 4. The zero-order valence-corrected chi connectivity index (χ0v) is 11.1. The number of nitrogens with one attached hydrogen (secondary N) is 1. The third kappa shape index (κ3) is 4.15. The molecule has 0 aromatic carbocycles. The largest absolute Gasteiger partial charge is 0.444 e. The second-order valence-corrected chi connectivity index (χ2v) is 4.68. The first kappa shape index (κ1) is 14.1. The summed E-state index contributed by atoms with van der Waals surface area (Å²) in [5.41, 5.74) is -0.587. The van der Waals surface area contributed by atoms with Crippen molar-refractivity contribution in [2.75, 3.05) is 6.54 Å². The van der Waals surface area contributed by atoms with Crippen LogP contribution in [0.15, 0.2) is 6.33 Å². The third-order valence-corrected chi connectivity index (χ3v) is 1.96. The molecule has 0 saturated carbocycles. The van der Waals surface area contributed by atoms with Crippen molar-refractivity contribution in [1.29, 1.82) is 0 Å². The van der Waals surface area contributed by atoms with Crippen LogP contribution in [0.1, 0.15) is 38.3 Å². The number of Topliss-reactive ketones (excluding diaryl/α,β-unsaturated/α-hetero) is 1. The van der Waals surface area contributed by atoms with E-state index in [1.54, 1.807) is 20.8 Å². The molecule has 0 radical (unpaired) electrons. The summed E-state index contributed by atoms with van der Waals surface area (Å²) in [4.78, 5) is 27.0. The van der Waals surface area contributed by atoms with Crippen LogP contribution in [0.2, 0.25) is 0 Å². The third-order valence-electron chi connectivity index (χ3n) is 1.96. The molecule has 18 heavy (non-hydrogen) atoms. The lowest BCUT2D eigenvalue weighted by Crippen LogP contribution is -2.36. The molecule has 0 aliphatic heterocycles. The van der Waals surface area contributed by atoms with Gasteiger partial charge in [0.1, 0.15) is 11.9 Å². The average Bonchev–Trinajstić information content (AvgIpc) is 2.71. The molecule has 0 unspecified atom stereocenters. The maximum atomic E-state index is 11.8. The van der Waals surface area contributed by atoms with Crippen LogP contribution in [0.5, 0.6) is 0 Å². The van der Waals surface area contributed by atoms with Gasteiger partial charge in [0.05, 0.1) is 6.54 Å². The predicted octanol–water partition coefficient (Wildman–Crippen LogP) is 1.01. The van der Waals surface area contributed by atoms with E-state index in [0.29, 0.717) is 6.54 Å². The first-order chi connectivity index (χ1) is 8.33. The zero-order chi connectivity index (χ0) is 13.8. The molecule has 7 heteroatoms. The summed E-state index contributed by atoms with van der Waals surface area (Å²) in [6.45, 7) is 7.50. The first-order valence-electron chi connectivity index (χ1n) is 5.71. The molecule has 1 rings (SSSR count). The second kappa shape index (κ2) is 5.61. The summed E-state index contributed by atoms with van der Waals surface area (Å²) in [5, 5.41) is 6.27. The van der Waals surface area contributed by atoms with Gasteiger partial charge in [-0.1, -0.05) is 0 Å². The highest BCUT2D eigenvalue weighted by Gasteiger charge is 2.18. The standard InChI is InChI=1S/C11H18N4O3/c1-5-15-9(13-7-14-15)8(16)6-12-10(17)18-11(2,3)4/h7H,5-6H2,1-4H3,(H,12,17). The van der Waals surface area contributed by atoms with E-state index in [1.807, 2.05) is 6.92 Å². The van der Waals surface area contributed by atoms with Gasteiger partial charge >= 0.3 is 6.09 Å². The Kier molecular flexibility index (Phi) is 4.41. The fraction of sp³-hybridized carbons (Fsp3) is 0.636. The molecule has 0 spiro atoms. The van der Waals surface area contributed by atoms with Gasteiger partial charge in [-0.05, 0) is 27.7 Å². The number of aromatic nitrogens is 3. The summed E-state index contributed by atoms with van der Waals surface area (Å²) >= 11 is 0. The number of ether oxygens (including phenoxy) is 1. The van der Waals surface area contributed by atoms with Gasteiger partial charge in [-0.25, -0.2) is 14.5 Å². The summed E-state index contributed by atoms with van der Waals surface area (Å²) < 4.78 is 6.49. The summed E-state index contributed by atoms with van der Waals surface area (Å²) in [6.07, 6.45) is 0.683. The van der Waals surface area contributed by atoms with Crippen molar-refractivity contribution in [3.63, 3.8) is 0 Å². The molecular weight excluding hydrogens is 236 g/mol. The summed E-state index contributed by atoms with van der Waals surface area (Å²) in [6, 6.07) is 0. The molecule has 1 aromatic rings. The fourth-order valence-electron chi connectivity index (χ4n) is 1.26. The molecule has 0 saturated heterocycles. The van der Waals surface area contributed by atoms with Gasteiger partial charge < -0.3 is 10.1 Å². The quantitative estimate of drug-likeness (QED) is 0.810. The van der Waals surface area contributed by atoms with Gasteiger partial charge in [-0.15, -0.1) is 0 Å². The Hall–Kier alpha value is -1.92. The molecule has 0 atom stereocenters. The van der Waals surface area contributed by atoms with Gasteiger partial charge in [-0.3, -0.25) is 4.79 Å².